The number of nitrogens with one attached hydrogen (secondary N) is 2. The summed E-state index contributed by atoms with van der Waals surface area (Å²) in [5, 5.41) is 16.4. The lowest BCUT2D eigenvalue weighted by molar-refractivity contribution is 0.0437. The summed E-state index contributed by atoms with van der Waals surface area (Å²) in [5.41, 5.74) is -1.11. The number of guanidine groups is 1. The number of aliphatic imine (C=N–C) groups is 1. The Morgan fingerprint density at radius 3 is 2.84 bits per heavy atom. The summed E-state index contributed by atoms with van der Waals surface area (Å²) in [4.78, 5) is 4.32. The first-order valence-corrected chi connectivity index (χ1v) is 5.99. The second kappa shape index (κ2) is 8.98. The van der Waals surface area contributed by atoms with Crippen molar-refractivity contribution in [3.8, 4) is 0 Å². The number of nitrogens with zero attached hydrogens (tertiary/aromatic N) is 1. The first kappa shape index (κ1) is 18.0. The maximum absolute atomic E-state index is 10.2. The third kappa shape index (κ3) is 6.11. The Morgan fingerprint density at radius 1 is 1.58 bits per heavy atom. The SMILES string of the molecule is C=CCNC(=NCC(C)(O)c1ccco1)NCC.I. The molecule has 1 aromatic heterocycles. The standard InChI is InChI=1S/C13H21N3O2.HI/c1-4-8-15-12(14-5-2)16-10-13(3,17)11-7-6-9-18-11;/h4,6-7,9,17H,1,5,8,10H2,2-3H3,(H2,14,15,16);1H. The van der Waals surface area contributed by atoms with Crippen LogP contribution in [0.3, 0.4) is 0 Å². The van der Waals surface area contributed by atoms with Crippen molar-refractivity contribution in [1.82, 2.24) is 10.6 Å². The van der Waals surface area contributed by atoms with E-state index in [1.54, 1.807) is 25.1 Å². The van der Waals surface area contributed by atoms with Crippen LogP contribution in [0.1, 0.15) is 19.6 Å². The molecule has 0 radical (unpaired) electrons. The van der Waals surface area contributed by atoms with Crippen LogP contribution in [0.5, 0.6) is 0 Å². The van der Waals surface area contributed by atoms with Gasteiger partial charge in [0.15, 0.2) is 5.96 Å². The van der Waals surface area contributed by atoms with Gasteiger partial charge in [-0.3, -0.25) is 0 Å². The van der Waals surface area contributed by atoms with Gasteiger partial charge in [-0.2, -0.15) is 0 Å². The van der Waals surface area contributed by atoms with Crippen LogP contribution in [0.2, 0.25) is 0 Å². The Kier molecular flexibility index (Phi) is 8.49. The summed E-state index contributed by atoms with van der Waals surface area (Å²) in [6.45, 7) is 8.88. The van der Waals surface area contributed by atoms with Crippen LogP contribution in [-0.4, -0.2) is 30.7 Å². The molecule has 0 aliphatic heterocycles. The quantitative estimate of drug-likeness (QED) is 0.305. The van der Waals surface area contributed by atoms with Crippen LogP contribution in [-0.2, 0) is 5.60 Å². The van der Waals surface area contributed by atoms with E-state index >= 15 is 0 Å². The third-order valence-corrected chi connectivity index (χ3v) is 2.36. The Labute approximate surface area is 131 Å². The lowest BCUT2D eigenvalue weighted by atomic mass is 10.0. The topological polar surface area (TPSA) is 69.8 Å². The molecule has 0 spiro atoms. The van der Waals surface area contributed by atoms with Crippen molar-refractivity contribution in [2.75, 3.05) is 19.6 Å². The van der Waals surface area contributed by atoms with Crippen molar-refractivity contribution in [2.24, 2.45) is 4.99 Å². The number of hydrogen-bond donors (Lipinski definition) is 3. The smallest absolute Gasteiger partial charge is 0.191 e. The number of furan rings is 1. The fourth-order valence-corrected chi connectivity index (χ4v) is 1.41. The van der Waals surface area contributed by atoms with Crippen molar-refractivity contribution >= 4 is 29.9 Å². The van der Waals surface area contributed by atoms with Gasteiger partial charge in [-0.05, 0) is 26.0 Å². The molecule has 108 valence electrons. The van der Waals surface area contributed by atoms with Crippen LogP contribution >= 0.6 is 24.0 Å². The first-order valence-electron chi connectivity index (χ1n) is 5.99. The van der Waals surface area contributed by atoms with Crippen molar-refractivity contribution in [1.29, 1.82) is 0 Å². The lowest BCUT2D eigenvalue weighted by Crippen LogP contribution is -2.38. The largest absolute Gasteiger partial charge is 0.466 e. The first-order chi connectivity index (χ1) is 8.60. The van der Waals surface area contributed by atoms with Crippen LogP contribution in [0, 0.1) is 0 Å². The van der Waals surface area contributed by atoms with E-state index < -0.39 is 5.60 Å². The van der Waals surface area contributed by atoms with Crippen molar-refractivity contribution in [3.63, 3.8) is 0 Å². The van der Waals surface area contributed by atoms with Gasteiger partial charge in [0, 0.05) is 13.1 Å². The summed E-state index contributed by atoms with van der Waals surface area (Å²) in [6.07, 6.45) is 3.28. The molecule has 19 heavy (non-hydrogen) atoms. The van der Waals surface area contributed by atoms with Gasteiger partial charge < -0.3 is 20.2 Å². The fourth-order valence-electron chi connectivity index (χ4n) is 1.41. The molecule has 1 atom stereocenters. The van der Waals surface area contributed by atoms with E-state index in [1.165, 1.54) is 6.26 Å². The molecule has 6 heteroatoms. The third-order valence-electron chi connectivity index (χ3n) is 2.36. The van der Waals surface area contributed by atoms with Crippen LogP contribution < -0.4 is 10.6 Å². The van der Waals surface area contributed by atoms with Gasteiger partial charge in [0.1, 0.15) is 11.4 Å². The molecule has 1 rings (SSSR count). The summed E-state index contributed by atoms with van der Waals surface area (Å²) in [5.74, 6) is 1.15. The number of halogens is 1. The van der Waals surface area contributed by atoms with E-state index in [1.807, 2.05) is 6.92 Å². The average Bonchev–Trinajstić information content (AvgIpc) is 2.87. The molecule has 0 bridgehead atoms. The predicted molar refractivity (Wildman–Crippen MR) is 87.9 cm³/mol. The van der Waals surface area contributed by atoms with E-state index in [0.29, 0.717) is 18.3 Å². The molecule has 0 saturated carbocycles. The van der Waals surface area contributed by atoms with Gasteiger partial charge in [0.2, 0.25) is 0 Å². The molecule has 1 unspecified atom stereocenters. The molecule has 0 aliphatic rings. The summed E-state index contributed by atoms with van der Waals surface area (Å²) in [7, 11) is 0. The Morgan fingerprint density at radius 2 is 2.32 bits per heavy atom. The zero-order valence-electron chi connectivity index (χ0n) is 11.3. The number of rotatable bonds is 6. The normalized spacial score (nSPS) is 14.2. The van der Waals surface area contributed by atoms with Crippen molar-refractivity contribution < 1.29 is 9.52 Å². The predicted octanol–water partition coefficient (Wildman–Crippen LogP) is 1.85. The summed E-state index contributed by atoms with van der Waals surface area (Å²) >= 11 is 0. The highest BCUT2D eigenvalue weighted by atomic mass is 127. The zero-order chi connectivity index (χ0) is 13.4. The van der Waals surface area contributed by atoms with E-state index in [0.717, 1.165) is 6.54 Å². The molecular formula is C13H22IN3O2. The lowest BCUT2D eigenvalue weighted by Gasteiger charge is -2.19. The minimum atomic E-state index is -1.11. The number of aliphatic hydroxyl groups is 1. The van der Waals surface area contributed by atoms with Crippen molar-refractivity contribution in [3.05, 3.63) is 36.8 Å². The molecular weight excluding hydrogens is 357 g/mol. The highest BCUT2D eigenvalue weighted by Crippen LogP contribution is 2.20. The molecule has 1 aromatic rings. The van der Waals surface area contributed by atoms with Crippen LogP contribution in [0.4, 0.5) is 0 Å². The fraction of sp³-hybridized carbons (Fsp3) is 0.462. The zero-order valence-corrected chi connectivity index (χ0v) is 13.7. The van der Waals surface area contributed by atoms with E-state index in [4.69, 9.17) is 4.42 Å². The van der Waals surface area contributed by atoms with Gasteiger partial charge in [-0.1, -0.05) is 6.08 Å². The molecule has 0 aliphatic carbocycles. The van der Waals surface area contributed by atoms with E-state index in [-0.39, 0.29) is 30.5 Å². The van der Waals surface area contributed by atoms with Gasteiger partial charge in [0.05, 0.1) is 12.8 Å². The monoisotopic (exact) mass is 379 g/mol. The maximum atomic E-state index is 10.2. The van der Waals surface area contributed by atoms with Crippen molar-refractivity contribution in [2.45, 2.75) is 19.4 Å². The minimum absolute atomic E-state index is 0. The molecule has 0 saturated heterocycles. The molecule has 0 aromatic carbocycles. The molecule has 0 amide bonds. The molecule has 0 fully saturated rings. The molecule has 5 nitrogen and oxygen atoms in total. The highest BCUT2D eigenvalue weighted by molar-refractivity contribution is 14.0. The van der Waals surface area contributed by atoms with E-state index in [2.05, 4.69) is 22.2 Å². The van der Waals surface area contributed by atoms with E-state index in [9.17, 15) is 5.11 Å². The molecule has 3 N–H and O–H groups in total. The highest BCUT2D eigenvalue weighted by Gasteiger charge is 2.25. The summed E-state index contributed by atoms with van der Waals surface area (Å²) in [6, 6.07) is 3.48. The minimum Gasteiger partial charge on any atom is -0.466 e. The second-order valence-corrected chi connectivity index (χ2v) is 4.12. The average molecular weight is 379 g/mol. The van der Waals surface area contributed by atoms with Gasteiger partial charge >= 0.3 is 0 Å². The van der Waals surface area contributed by atoms with Crippen LogP contribution in [0.25, 0.3) is 0 Å². The second-order valence-electron chi connectivity index (χ2n) is 4.12. The Balaban J connectivity index is 0.00000324. The molecule has 1 heterocycles. The van der Waals surface area contributed by atoms with Gasteiger partial charge in [-0.25, -0.2) is 4.99 Å². The van der Waals surface area contributed by atoms with Gasteiger partial charge in [0.25, 0.3) is 0 Å². The van der Waals surface area contributed by atoms with Crippen LogP contribution in [0.15, 0.2) is 40.5 Å². The Bertz CT molecular complexity index is 389. The summed E-state index contributed by atoms with van der Waals surface area (Å²) < 4.78 is 5.20. The Hall–Kier alpha value is -1.02. The number of hydrogen-bond acceptors (Lipinski definition) is 3. The van der Waals surface area contributed by atoms with Gasteiger partial charge in [-0.15, -0.1) is 30.6 Å². The maximum Gasteiger partial charge on any atom is 0.191 e.